The number of aromatic nitrogens is 3. The summed E-state index contributed by atoms with van der Waals surface area (Å²) in [6.45, 7) is 6.57. The Hall–Kier alpha value is -4.40. The van der Waals surface area contributed by atoms with Gasteiger partial charge in [-0.15, -0.1) is 5.10 Å². The van der Waals surface area contributed by atoms with Crippen molar-refractivity contribution in [2.45, 2.75) is 39.8 Å². The lowest BCUT2D eigenvalue weighted by Gasteiger charge is -2.32. The molecule has 0 aliphatic heterocycles. The van der Waals surface area contributed by atoms with Crippen LogP contribution < -0.4 is 19.7 Å². The number of benzene rings is 3. The second-order valence-corrected chi connectivity index (χ2v) is 9.83. The number of para-hydroxylation sites is 1. The van der Waals surface area contributed by atoms with Crippen LogP contribution in [0.1, 0.15) is 37.4 Å². The lowest BCUT2D eigenvalue weighted by molar-refractivity contribution is -0.127. The quantitative estimate of drug-likeness (QED) is 0.303. The van der Waals surface area contributed by atoms with Crippen LogP contribution in [0.2, 0.25) is 0 Å². The van der Waals surface area contributed by atoms with Gasteiger partial charge in [0, 0.05) is 18.3 Å². The normalized spacial score (nSPS) is 11.8. The van der Waals surface area contributed by atoms with Gasteiger partial charge in [0.15, 0.2) is 11.5 Å². The number of hydrogen-bond acceptors (Lipinski definition) is 6. The third kappa shape index (κ3) is 6.37. The van der Waals surface area contributed by atoms with Crippen LogP contribution in [-0.4, -0.2) is 47.6 Å². The summed E-state index contributed by atoms with van der Waals surface area (Å²) in [6.07, 6.45) is 0.821. The monoisotopic (exact) mass is 529 g/mol. The predicted molar refractivity (Wildman–Crippen MR) is 151 cm³/mol. The maximum absolute atomic E-state index is 14.2. The Labute approximate surface area is 228 Å². The van der Waals surface area contributed by atoms with Gasteiger partial charge in [-0.1, -0.05) is 61.0 Å². The molecular weight excluding hydrogens is 494 g/mol. The summed E-state index contributed by atoms with van der Waals surface area (Å²) >= 11 is 0. The van der Waals surface area contributed by atoms with Gasteiger partial charge < -0.3 is 14.8 Å². The minimum absolute atomic E-state index is 0.115. The van der Waals surface area contributed by atoms with Crippen molar-refractivity contribution in [3.05, 3.63) is 77.9 Å². The van der Waals surface area contributed by atoms with Gasteiger partial charge >= 0.3 is 0 Å². The van der Waals surface area contributed by atoms with E-state index in [2.05, 4.69) is 29.5 Å². The molecule has 0 saturated carbocycles. The molecule has 1 aromatic heterocycles. The maximum atomic E-state index is 14.2. The molecule has 3 aromatic carbocycles. The van der Waals surface area contributed by atoms with E-state index in [1.807, 2.05) is 55.5 Å². The Morgan fingerprint density at radius 1 is 0.974 bits per heavy atom. The van der Waals surface area contributed by atoms with Gasteiger partial charge in [-0.2, -0.15) is 0 Å². The van der Waals surface area contributed by atoms with Gasteiger partial charge in [-0.05, 0) is 49.1 Å². The minimum Gasteiger partial charge on any atom is -0.493 e. The van der Waals surface area contributed by atoms with E-state index in [0.717, 1.165) is 17.5 Å². The lowest BCUT2D eigenvalue weighted by atomic mass is 10.0. The van der Waals surface area contributed by atoms with Gasteiger partial charge in [0.2, 0.25) is 11.8 Å². The third-order valence-corrected chi connectivity index (χ3v) is 6.54. The highest BCUT2D eigenvalue weighted by Crippen LogP contribution is 2.36. The molecule has 0 spiro atoms. The number of amides is 2. The van der Waals surface area contributed by atoms with Gasteiger partial charge in [-0.3, -0.25) is 14.5 Å². The minimum atomic E-state index is -0.932. The molecule has 0 aliphatic carbocycles. The molecule has 1 atom stereocenters. The van der Waals surface area contributed by atoms with E-state index in [4.69, 9.17) is 9.47 Å². The summed E-state index contributed by atoms with van der Waals surface area (Å²) in [6, 6.07) is 19.3. The molecule has 1 heterocycles. The van der Waals surface area contributed by atoms with Crippen molar-refractivity contribution in [2.24, 2.45) is 5.92 Å². The molecule has 0 fully saturated rings. The molecule has 39 heavy (non-hydrogen) atoms. The number of aryl methyl sites for hydroxylation is 1. The average molecular weight is 530 g/mol. The number of nitrogens with zero attached hydrogens (tertiary/aromatic N) is 4. The van der Waals surface area contributed by atoms with E-state index < -0.39 is 6.04 Å². The van der Waals surface area contributed by atoms with Crippen molar-refractivity contribution in [1.82, 2.24) is 20.3 Å². The van der Waals surface area contributed by atoms with Crippen LogP contribution in [0.15, 0.2) is 66.7 Å². The zero-order chi connectivity index (χ0) is 27.9. The topological polar surface area (TPSA) is 98.6 Å². The summed E-state index contributed by atoms with van der Waals surface area (Å²) in [5, 5.41) is 11.4. The van der Waals surface area contributed by atoms with Crippen LogP contribution in [0.25, 0.3) is 11.0 Å². The number of methoxy groups -OCH3 is 2. The number of carbonyl (C=O) groups is 2. The molecule has 4 aromatic rings. The average Bonchev–Trinajstić information content (AvgIpc) is 3.34. The van der Waals surface area contributed by atoms with Crippen LogP contribution in [-0.2, 0) is 16.1 Å². The summed E-state index contributed by atoms with van der Waals surface area (Å²) in [5.41, 5.74) is 3.65. The summed E-state index contributed by atoms with van der Waals surface area (Å²) < 4.78 is 12.5. The van der Waals surface area contributed by atoms with Gasteiger partial charge in [0.1, 0.15) is 18.1 Å². The first-order valence-corrected chi connectivity index (χ1v) is 13.0. The molecule has 1 N–H and O–H groups in total. The number of nitrogens with one attached hydrogen (secondary N) is 1. The van der Waals surface area contributed by atoms with Crippen molar-refractivity contribution in [3.63, 3.8) is 0 Å². The Morgan fingerprint density at radius 2 is 1.69 bits per heavy atom. The first kappa shape index (κ1) is 27.6. The van der Waals surface area contributed by atoms with Crippen molar-refractivity contribution in [2.75, 3.05) is 25.7 Å². The zero-order valence-corrected chi connectivity index (χ0v) is 23.0. The Kier molecular flexibility index (Phi) is 8.81. The molecule has 0 radical (unpaired) electrons. The smallest absolute Gasteiger partial charge is 0.249 e. The molecule has 9 nitrogen and oxygen atoms in total. The summed E-state index contributed by atoms with van der Waals surface area (Å²) in [4.78, 5) is 29.5. The molecule has 0 bridgehead atoms. The van der Waals surface area contributed by atoms with Crippen LogP contribution >= 0.6 is 0 Å². The van der Waals surface area contributed by atoms with Gasteiger partial charge in [0.25, 0.3) is 0 Å². The molecule has 0 aliphatic rings. The molecule has 204 valence electrons. The highest BCUT2D eigenvalue weighted by Gasteiger charge is 2.33. The highest BCUT2D eigenvalue weighted by molar-refractivity contribution is 6.01. The van der Waals surface area contributed by atoms with E-state index in [-0.39, 0.29) is 18.4 Å². The summed E-state index contributed by atoms with van der Waals surface area (Å²) in [7, 11) is 3.08. The van der Waals surface area contributed by atoms with Crippen molar-refractivity contribution in [3.8, 4) is 11.5 Å². The van der Waals surface area contributed by atoms with E-state index in [1.54, 1.807) is 30.0 Å². The van der Waals surface area contributed by atoms with Gasteiger partial charge in [-0.25, -0.2) is 4.68 Å². The van der Waals surface area contributed by atoms with Crippen LogP contribution in [0.3, 0.4) is 0 Å². The molecule has 9 heteroatoms. The number of ether oxygens (including phenoxy) is 2. The Balaban J connectivity index is 1.81. The second-order valence-electron chi connectivity index (χ2n) is 9.83. The molecule has 0 saturated heterocycles. The number of rotatable bonds is 11. The summed E-state index contributed by atoms with van der Waals surface area (Å²) in [5.74, 6) is 0.784. The third-order valence-electron chi connectivity index (χ3n) is 6.54. The van der Waals surface area contributed by atoms with E-state index in [1.165, 1.54) is 12.0 Å². The highest BCUT2D eigenvalue weighted by atomic mass is 16.5. The maximum Gasteiger partial charge on any atom is 0.249 e. The number of hydrogen-bond donors (Lipinski definition) is 1. The standard InChI is InChI=1S/C30H35N5O4/c1-20(2)16-17-31-30(37)29(22-12-10-21(3)11-13-22)35(23-14-15-26(38-4)27(18-23)39-5)28(36)19-34-25-9-7-6-8-24(25)32-33-34/h6-15,18,20,29H,16-17,19H2,1-5H3,(H,31,37). The lowest BCUT2D eigenvalue weighted by Crippen LogP contribution is -2.45. The van der Waals surface area contributed by atoms with Crippen molar-refractivity contribution < 1.29 is 19.1 Å². The van der Waals surface area contributed by atoms with E-state index in [0.29, 0.717) is 40.7 Å². The Bertz CT molecular complexity index is 1430. The van der Waals surface area contributed by atoms with E-state index in [9.17, 15) is 9.59 Å². The molecular formula is C30H35N5O4. The first-order chi connectivity index (χ1) is 18.8. The number of carbonyl (C=O) groups excluding carboxylic acids is 2. The molecule has 1 unspecified atom stereocenters. The van der Waals surface area contributed by atoms with Gasteiger partial charge in [0.05, 0.1) is 19.7 Å². The fourth-order valence-electron chi connectivity index (χ4n) is 4.40. The first-order valence-electron chi connectivity index (χ1n) is 13.0. The molecule has 2 amide bonds. The fraction of sp³-hybridized carbons (Fsp3) is 0.333. The number of fused-ring (bicyclic) bond motifs is 1. The fourth-order valence-corrected chi connectivity index (χ4v) is 4.40. The van der Waals surface area contributed by atoms with E-state index >= 15 is 0 Å². The van der Waals surface area contributed by atoms with Crippen LogP contribution in [0.5, 0.6) is 11.5 Å². The predicted octanol–water partition coefficient (Wildman–Crippen LogP) is 4.69. The van der Waals surface area contributed by atoms with Crippen LogP contribution in [0.4, 0.5) is 5.69 Å². The van der Waals surface area contributed by atoms with Crippen LogP contribution in [0, 0.1) is 12.8 Å². The SMILES string of the molecule is COc1ccc(N(C(=O)Cn2nnc3ccccc32)C(C(=O)NCCC(C)C)c2ccc(C)cc2)cc1OC. The van der Waals surface area contributed by atoms with Crippen molar-refractivity contribution in [1.29, 1.82) is 0 Å². The second kappa shape index (κ2) is 12.4. The molecule has 4 rings (SSSR count). The van der Waals surface area contributed by atoms with Crippen molar-refractivity contribution >= 4 is 28.5 Å². The zero-order valence-electron chi connectivity index (χ0n) is 23.0. The largest absolute Gasteiger partial charge is 0.493 e. The Morgan fingerprint density at radius 3 is 2.38 bits per heavy atom. The number of anilines is 1.